The first kappa shape index (κ1) is 19.6. The summed E-state index contributed by atoms with van der Waals surface area (Å²) in [6.45, 7) is 0. The van der Waals surface area contributed by atoms with Crippen molar-refractivity contribution in [3.05, 3.63) is 83.9 Å². The monoisotopic (exact) mass is 379 g/mol. The van der Waals surface area contributed by atoms with Crippen LogP contribution in [-0.4, -0.2) is 26.5 Å². The van der Waals surface area contributed by atoms with Crippen molar-refractivity contribution in [1.82, 2.24) is 0 Å². The van der Waals surface area contributed by atoms with Gasteiger partial charge in [0.2, 0.25) is 5.75 Å². The molecule has 1 N–H and O–H groups in total. The van der Waals surface area contributed by atoms with E-state index in [-0.39, 0.29) is 6.04 Å². The summed E-state index contributed by atoms with van der Waals surface area (Å²) in [6.07, 6.45) is 0.602. The summed E-state index contributed by atoms with van der Waals surface area (Å²) in [4.78, 5) is 0. The molecule has 0 fully saturated rings. The lowest BCUT2D eigenvalue weighted by Crippen LogP contribution is -2.27. The molecule has 5 heteroatoms. The van der Waals surface area contributed by atoms with Crippen LogP contribution < -0.4 is 19.3 Å². The van der Waals surface area contributed by atoms with Gasteiger partial charge < -0.3 is 14.2 Å². The number of hydroxylamine groups is 1. The average molecular weight is 379 g/mol. The largest absolute Gasteiger partial charge is 0.493 e. The third-order valence-electron chi connectivity index (χ3n) is 4.66. The molecule has 0 heterocycles. The maximum absolute atomic E-state index is 11.1. The van der Waals surface area contributed by atoms with Crippen molar-refractivity contribution in [3.63, 3.8) is 0 Å². The molecule has 146 valence electrons. The van der Waals surface area contributed by atoms with Gasteiger partial charge in [0.25, 0.3) is 0 Å². The molecule has 1 unspecified atom stereocenters. The smallest absolute Gasteiger partial charge is 0.203 e. The zero-order valence-corrected chi connectivity index (χ0v) is 16.3. The molecule has 0 aromatic heterocycles. The highest BCUT2D eigenvalue weighted by atomic mass is 16.5. The van der Waals surface area contributed by atoms with Gasteiger partial charge >= 0.3 is 0 Å². The summed E-state index contributed by atoms with van der Waals surface area (Å²) >= 11 is 0. The number of ether oxygens (including phenoxy) is 3. The first-order chi connectivity index (χ1) is 13.7. The molecule has 3 aromatic rings. The van der Waals surface area contributed by atoms with E-state index in [9.17, 15) is 5.21 Å². The van der Waals surface area contributed by atoms with E-state index in [1.165, 1.54) is 5.06 Å². The van der Waals surface area contributed by atoms with E-state index in [0.29, 0.717) is 29.4 Å². The Hall–Kier alpha value is -3.18. The third-order valence-corrected chi connectivity index (χ3v) is 4.66. The maximum Gasteiger partial charge on any atom is 0.203 e. The van der Waals surface area contributed by atoms with Crippen molar-refractivity contribution >= 4 is 5.69 Å². The van der Waals surface area contributed by atoms with Crippen molar-refractivity contribution in [1.29, 1.82) is 0 Å². The van der Waals surface area contributed by atoms with E-state index in [2.05, 4.69) is 0 Å². The van der Waals surface area contributed by atoms with E-state index in [1.807, 2.05) is 72.8 Å². The van der Waals surface area contributed by atoms with Crippen LogP contribution in [0, 0.1) is 0 Å². The van der Waals surface area contributed by atoms with Crippen molar-refractivity contribution in [3.8, 4) is 17.2 Å². The van der Waals surface area contributed by atoms with E-state index in [4.69, 9.17) is 14.2 Å². The summed E-state index contributed by atoms with van der Waals surface area (Å²) < 4.78 is 16.4. The number of nitrogens with zero attached hydrogens (tertiary/aromatic N) is 1. The van der Waals surface area contributed by atoms with Crippen molar-refractivity contribution in [2.24, 2.45) is 0 Å². The first-order valence-corrected chi connectivity index (χ1v) is 9.05. The van der Waals surface area contributed by atoms with Crippen LogP contribution in [-0.2, 0) is 6.42 Å². The highest BCUT2D eigenvalue weighted by Gasteiger charge is 2.24. The van der Waals surface area contributed by atoms with Gasteiger partial charge in [0.1, 0.15) is 0 Å². The summed E-state index contributed by atoms with van der Waals surface area (Å²) in [5.74, 6) is 1.63. The Morgan fingerprint density at radius 3 is 1.82 bits per heavy atom. The van der Waals surface area contributed by atoms with E-state index in [0.717, 1.165) is 11.1 Å². The fourth-order valence-electron chi connectivity index (χ4n) is 3.24. The zero-order chi connectivity index (χ0) is 19.9. The predicted molar refractivity (Wildman–Crippen MR) is 110 cm³/mol. The molecule has 3 rings (SSSR count). The molecule has 0 radical (unpaired) electrons. The Bertz CT molecular complexity index is 859. The second kappa shape index (κ2) is 9.15. The van der Waals surface area contributed by atoms with Crippen LogP contribution in [0.3, 0.4) is 0 Å². The Balaban J connectivity index is 2.08. The molecule has 0 aliphatic heterocycles. The molecule has 0 bridgehead atoms. The standard InChI is InChI=1S/C23H25NO4/c1-26-21-15-18(16-22(27-2)23(21)28-3)20(14-17-10-6-4-7-11-17)24(25)19-12-8-5-9-13-19/h4-13,15-16,20,25H,14H2,1-3H3. The Kier molecular flexibility index (Phi) is 6.40. The van der Waals surface area contributed by atoms with Crippen LogP contribution in [0.1, 0.15) is 17.2 Å². The number of methoxy groups -OCH3 is 3. The van der Waals surface area contributed by atoms with Gasteiger partial charge in [0.15, 0.2) is 11.5 Å². The minimum atomic E-state index is -0.349. The van der Waals surface area contributed by atoms with Crippen molar-refractivity contribution in [2.45, 2.75) is 12.5 Å². The van der Waals surface area contributed by atoms with Gasteiger partial charge in [-0.05, 0) is 41.8 Å². The third kappa shape index (κ3) is 4.21. The fraction of sp³-hybridized carbons (Fsp3) is 0.217. The fourth-order valence-corrected chi connectivity index (χ4v) is 3.24. The lowest BCUT2D eigenvalue weighted by Gasteiger charge is -2.29. The second-order valence-corrected chi connectivity index (χ2v) is 6.34. The number of rotatable bonds is 8. The van der Waals surface area contributed by atoms with Crippen LogP contribution in [0.15, 0.2) is 72.8 Å². The van der Waals surface area contributed by atoms with Gasteiger partial charge in [0.05, 0.1) is 33.1 Å². The first-order valence-electron chi connectivity index (χ1n) is 9.05. The minimum Gasteiger partial charge on any atom is -0.493 e. The van der Waals surface area contributed by atoms with Gasteiger partial charge in [0, 0.05) is 0 Å². The summed E-state index contributed by atoms with van der Waals surface area (Å²) in [5, 5.41) is 12.4. The molecule has 0 aliphatic carbocycles. The summed E-state index contributed by atoms with van der Waals surface area (Å²) in [7, 11) is 4.74. The van der Waals surface area contributed by atoms with Gasteiger partial charge in [-0.3, -0.25) is 5.21 Å². The molecule has 0 spiro atoms. The molecule has 3 aromatic carbocycles. The van der Waals surface area contributed by atoms with Crippen LogP contribution in [0.4, 0.5) is 5.69 Å². The molecule has 28 heavy (non-hydrogen) atoms. The van der Waals surface area contributed by atoms with Gasteiger partial charge in [-0.1, -0.05) is 48.5 Å². The minimum absolute atomic E-state index is 0.349. The summed E-state index contributed by atoms with van der Waals surface area (Å²) in [5.41, 5.74) is 2.66. The van der Waals surface area contributed by atoms with Gasteiger partial charge in [-0.15, -0.1) is 0 Å². The normalized spacial score (nSPS) is 11.6. The van der Waals surface area contributed by atoms with Crippen LogP contribution >= 0.6 is 0 Å². The Morgan fingerprint density at radius 2 is 1.32 bits per heavy atom. The highest BCUT2D eigenvalue weighted by Crippen LogP contribution is 2.41. The van der Waals surface area contributed by atoms with Gasteiger partial charge in [-0.2, -0.15) is 0 Å². The van der Waals surface area contributed by atoms with Crippen LogP contribution in [0.5, 0.6) is 17.2 Å². The van der Waals surface area contributed by atoms with E-state index in [1.54, 1.807) is 21.3 Å². The number of anilines is 1. The zero-order valence-electron chi connectivity index (χ0n) is 16.3. The molecule has 0 amide bonds. The lowest BCUT2D eigenvalue weighted by molar-refractivity contribution is 0.214. The van der Waals surface area contributed by atoms with E-state index < -0.39 is 0 Å². The Labute approximate surface area is 165 Å². The van der Waals surface area contributed by atoms with Crippen molar-refractivity contribution < 1.29 is 19.4 Å². The number of benzene rings is 3. The molecule has 0 saturated carbocycles. The van der Waals surface area contributed by atoms with Gasteiger partial charge in [-0.25, -0.2) is 5.06 Å². The number of hydrogen-bond acceptors (Lipinski definition) is 5. The summed E-state index contributed by atoms with van der Waals surface area (Å²) in [6, 6.07) is 22.9. The molecule has 0 aliphatic rings. The van der Waals surface area contributed by atoms with Crippen LogP contribution in [0.2, 0.25) is 0 Å². The highest BCUT2D eigenvalue weighted by molar-refractivity contribution is 5.56. The maximum atomic E-state index is 11.1. The van der Waals surface area contributed by atoms with E-state index >= 15 is 0 Å². The molecule has 1 atom stereocenters. The quantitative estimate of drug-likeness (QED) is 0.565. The Morgan fingerprint density at radius 1 is 0.786 bits per heavy atom. The lowest BCUT2D eigenvalue weighted by atomic mass is 9.97. The molecular formula is C23H25NO4. The van der Waals surface area contributed by atoms with Crippen LogP contribution in [0.25, 0.3) is 0 Å². The SMILES string of the molecule is COc1cc(C(Cc2ccccc2)N(O)c2ccccc2)cc(OC)c1OC. The number of para-hydroxylation sites is 1. The molecule has 0 saturated heterocycles. The molecule has 5 nitrogen and oxygen atoms in total. The molecular weight excluding hydrogens is 354 g/mol. The van der Waals surface area contributed by atoms with Crippen molar-refractivity contribution in [2.75, 3.05) is 26.4 Å². The number of hydrogen-bond donors (Lipinski definition) is 1. The predicted octanol–water partition coefficient (Wildman–Crippen LogP) is 4.89. The average Bonchev–Trinajstić information content (AvgIpc) is 2.77. The topological polar surface area (TPSA) is 51.2 Å². The second-order valence-electron chi connectivity index (χ2n) is 6.34.